The van der Waals surface area contributed by atoms with Gasteiger partial charge in [-0.1, -0.05) is 0 Å². The number of nitrogens with zero attached hydrogens (tertiary/aromatic N) is 2. The van der Waals surface area contributed by atoms with Gasteiger partial charge in [0.1, 0.15) is 4.60 Å². The van der Waals surface area contributed by atoms with E-state index < -0.39 is 0 Å². The summed E-state index contributed by atoms with van der Waals surface area (Å²) in [6.45, 7) is 1.46. The van der Waals surface area contributed by atoms with Crippen molar-refractivity contribution in [1.29, 1.82) is 0 Å². The highest BCUT2D eigenvalue weighted by atomic mass is 79.9. The van der Waals surface area contributed by atoms with Gasteiger partial charge in [0, 0.05) is 26.4 Å². The second-order valence-electron chi connectivity index (χ2n) is 4.54. The van der Waals surface area contributed by atoms with Crippen LogP contribution in [0.2, 0.25) is 0 Å². The molecule has 1 aromatic rings. The van der Waals surface area contributed by atoms with Crippen LogP contribution >= 0.6 is 15.9 Å². The van der Waals surface area contributed by atoms with Crippen LogP contribution in [0.4, 0.5) is 0 Å². The molecule has 1 unspecified atom stereocenters. The maximum absolute atomic E-state index is 12.1. The number of rotatable bonds is 3. The van der Waals surface area contributed by atoms with Gasteiger partial charge in [-0.05, 0) is 47.3 Å². The van der Waals surface area contributed by atoms with Crippen molar-refractivity contribution in [3.05, 3.63) is 28.5 Å². The fourth-order valence-electron chi connectivity index (χ4n) is 2.06. The zero-order valence-electron chi connectivity index (χ0n) is 10.4. The monoisotopic (exact) mass is 312 g/mol. The van der Waals surface area contributed by atoms with Crippen molar-refractivity contribution in [3.63, 3.8) is 0 Å². The Morgan fingerprint density at radius 3 is 3.00 bits per heavy atom. The number of carbonyl (C=O) groups is 1. The van der Waals surface area contributed by atoms with Crippen LogP contribution in [-0.2, 0) is 4.74 Å². The average molecular weight is 313 g/mol. The molecule has 4 nitrogen and oxygen atoms in total. The first-order valence-corrected chi connectivity index (χ1v) is 6.95. The van der Waals surface area contributed by atoms with Crippen LogP contribution in [0.15, 0.2) is 22.9 Å². The Kier molecular flexibility index (Phi) is 4.72. The normalized spacial score (nSPS) is 19.6. The van der Waals surface area contributed by atoms with E-state index in [2.05, 4.69) is 20.9 Å². The van der Waals surface area contributed by atoms with Gasteiger partial charge in [0.25, 0.3) is 5.91 Å². The molecule has 0 aromatic carbocycles. The quantitative estimate of drug-likeness (QED) is 0.805. The van der Waals surface area contributed by atoms with E-state index >= 15 is 0 Å². The number of halogens is 1. The lowest BCUT2D eigenvalue weighted by atomic mass is 10.1. The molecule has 1 aromatic heterocycles. The Bertz CT molecular complexity index is 402. The zero-order valence-corrected chi connectivity index (χ0v) is 12.0. The molecule has 0 N–H and O–H groups in total. The summed E-state index contributed by atoms with van der Waals surface area (Å²) in [5, 5.41) is 0. The predicted octanol–water partition coefficient (Wildman–Crippen LogP) is 2.49. The summed E-state index contributed by atoms with van der Waals surface area (Å²) in [5.74, 6) is -0.0100. The lowest BCUT2D eigenvalue weighted by Gasteiger charge is -2.27. The van der Waals surface area contributed by atoms with Crippen LogP contribution in [0.5, 0.6) is 0 Å². The number of ether oxygens (including phenoxy) is 1. The highest BCUT2D eigenvalue weighted by molar-refractivity contribution is 9.10. The number of carbonyl (C=O) groups excluding carboxylic acids is 1. The summed E-state index contributed by atoms with van der Waals surface area (Å²) in [6.07, 6.45) is 5.12. The maximum Gasteiger partial charge on any atom is 0.255 e. The van der Waals surface area contributed by atoms with E-state index in [0.29, 0.717) is 12.1 Å². The standard InChI is InChI=1S/C13H17BrN2O2/c1-16(9-11-4-2-3-7-18-11)13(17)10-5-6-12(14)15-8-10/h5-6,8,11H,2-4,7,9H2,1H3. The minimum Gasteiger partial charge on any atom is -0.376 e. The molecule has 1 aliphatic rings. The van der Waals surface area contributed by atoms with Gasteiger partial charge in [-0.25, -0.2) is 4.98 Å². The van der Waals surface area contributed by atoms with Crippen molar-refractivity contribution in [1.82, 2.24) is 9.88 Å². The van der Waals surface area contributed by atoms with Gasteiger partial charge in [-0.15, -0.1) is 0 Å². The SMILES string of the molecule is CN(CC1CCCCO1)C(=O)c1ccc(Br)nc1. The first-order chi connectivity index (χ1) is 8.66. The molecule has 5 heteroatoms. The fraction of sp³-hybridized carbons (Fsp3) is 0.538. The smallest absolute Gasteiger partial charge is 0.255 e. The highest BCUT2D eigenvalue weighted by Crippen LogP contribution is 2.15. The van der Waals surface area contributed by atoms with Crippen LogP contribution in [-0.4, -0.2) is 42.1 Å². The molecule has 0 radical (unpaired) electrons. The van der Waals surface area contributed by atoms with E-state index in [1.807, 2.05) is 7.05 Å². The van der Waals surface area contributed by atoms with Crippen molar-refractivity contribution in [3.8, 4) is 0 Å². The third kappa shape index (κ3) is 3.53. The second kappa shape index (κ2) is 6.29. The minimum absolute atomic E-state index is 0.0100. The van der Waals surface area contributed by atoms with Crippen LogP contribution in [0.3, 0.4) is 0 Å². The van der Waals surface area contributed by atoms with Crippen molar-refractivity contribution in [2.75, 3.05) is 20.2 Å². The molecular weight excluding hydrogens is 296 g/mol. The van der Waals surface area contributed by atoms with Crippen molar-refractivity contribution in [2.24, 2.45) is 0 Å². The molecule has 18 heavy (non-hydrogen) atoms. The van der Waals surface area contributed by atoms with Crippen LogP contribution in [0.25, 0.3) is 0 Å². The first-order valence-electron chi connectivity index (χ1n) is 6.15. The van der Waals surface area contributed by atoms with E-state index in [-0.39, 0.29) is 12.0 Å². The lowest BCUT2D eigenvalue weighted by Crippen LogP contribution is -2.37. The van der Waals surface area contributed by atoms with Gasteiger partial charge in [0.15, 0.2) is 0 Å². The number of hydrogen-bond acceptors (Lipinski definition) is 3. The molecule has 0 spiro atoms. The molecule has 0 bridgehead atoms. The van der Waals surface area contributed by atoms with E-state index in [1.165, 1.54) is 6.42 Å². The highest BCUT2D eigenvalue weighted by Gasteiger charge is 2.19. The molecular formula is C13H17BrN2O2. The Hall–Kier alpha value is -0.940. The van der Waals surface area contributed by atoms with E-state index in [0.717, 1.165) is 24.1 Å². The summed E-state index contributed by atoms with van der Waals surface area (Å²) < 4.78 is 6.37. The van der Waals surface area contributed by atoms with Crippen molar-refractivity contribution < 1.29 is 9.53 Å². The zero-order chi connectivity index (χ0) is 13.0. The Morgan fingerprint density at radius 1 is 1.56 bits per heavy atom. The van der Waals surface area contributed by atoms with E-state index in [9.17, 15) is 4.79 Å². The van der Waals surface area contributed by atoms with Gasteiger partial charge in [-0.2, -0.15) is 0 Å². The number of hydrogen-bond donors (Lipinski definition) is 0. The van der Waals surface area contributed by atoms with Crippen molar-refractivity contribution in [2.45, 2.75) is 25.4 Å². The third-order valence-corrected chi connectivity index (χ3v) is 3.54. The molecule has 1 atom stereocenters. The predicted molar refractivity (Wildman–Crippen MR) is 72.5 cm³/mol. The molecule has 1 fully saturated rings. The van der Waals surface area contributed by atoms with Gasteiger partial charge in [0.2, 0.25) is 0 Å². The van der Waals surface area contributed by atoms with Crippen molar-refractivity contribution >= 4 is 21.8 Å². The van der Waals surface area contributed by atoms with E-state index in [4.69, 9.17) is 4.74 Å². The summed E-state index contributed by atoms with van der Waals surface area (Å²) in [4.78, 5) is 17.9. The number of pyridine rings is 1. The third-order valence-electron chi connectivity index (χ3n) is 3.07. The summed E-state index contributed by atoms with van der Waals surface area (Å²) in [6, 6.07) is 3.55. The van der Waals surface area contributed by atoms with Gasteiger partial charge >= 0.3 is 0 Å². The maximum atomic E-state index is 12.1. The molecule has 1 saturated heterocycles. The van der Waals surface area contributed by atoms with Gasteiger partial charge in [0.05, 0.1) is 11.7 Å². The number of aromatic nitrogens is 1. The lowest BCUT2D eigenvalue weighted by molar-refractivity contribution is -0.000195. The first kappa shape index (κ1) is 13.5. The Balaban J connectivity index is 1.93. The molecule has 1 amide bonds. The average Bonchev–Trinajstić information content (AvgIpc) is 2.40. The minimum atomic E-state index is -0.0100. The molecule has 1 aliphatic heterocycles. The Morgan fingerprint density at radius 2 is 2.39 bits per heavy atom. The van der Waals surface area contributed by atoms with Crippen LogP contribution in [0.1, 0.15) is 29.6 Å². The Labute approximate surface area is 115 Å². The molecule has 98 valence electrons. The molecule has 2 rings (SSSR count). The molecule has 2 heterocycles. The van der Waals surface area contributed by atoms with E-state index in [1.54, 1.807) is 23.2 Å². The number of likely N-dealkylation sites (N-methyl/N-ethyl adjacent to an activating group) is 1. The fourth-order valence-corrected chi connectivity index (χ4v) is 2.30. The number of amides is 1. The molecule has 0 saturated carbocycles. The van der Waals surface area contributed by atoms with Crippen LogP contribution in [0, 0.1) is 0 Å². The van der Waals surface area contributed by atoms with Gasteiger partial charge < -0.3 is 9.64 Å². The van der Waals surface area contributed by atoms with Crippen LogP contribution < -0.4 is 0 Å². The second-order valence-corrected chi connectivity index (χ2v) is 5.36. The van der Waals surface area contributed by atoms with Gasteiger partial charge in [-0.3, -0.25) is 4.79 Å². The largest absolute Gasteiger partial charge is 0.376 e. The topological polar surface area (TPSA) is 42.4 Å². The summed E-state index contributed by atoms with van der Waals surface area (Å²) >= 11 is 3.26. The molecule has 0 aliphatic carbocycles. The summed E-state index contributed by atoms with van der Waals surface area (Å²) in [5.41, 5.74) is 0.608. The summed E-state index contributed by atoms with van der Waals surface area (Å²) in [7, 11) is 1.81.